The molecule has 1 atom stereocenters. The molecule has 1 heterocycles. The van der Waals surface area contributed by atoms with Gasteiger partial charge in [0.2, 0.25) is 0 Å². The number of fused-ring (bicyclic) bond motifs is 1. The zero-order chi connectivity index (χ0) is 9.97. The zero-order valence-corrected chi connectivity index (χ0v) is 8.27. The fraction of sp³-hybridized carbons (Fsp3) is 0.250. The number of rotatable bonds is 2. The number of aromatic nitrogens is 1. The molecule has 1 aromatic heterocycles. The van der Waals surface area contributed by atoms with E-state index in [1.807, 2.05) is 25.4 Å². The van der Waals surface area contributed by atoms with E-state index in [1.54, 1.807) is 0 Å². The molecule has 2 aromatic rings. The van der Waals surface area contributed by atoms with Gasteiger partial charge in [0.05, 0.1) is 0 Å². The summed E-state index contributed by atoms with van der Waals surface area (Å²) < 4.78 is 0. The monoisotopic (exact) mass is 186 g/mol. The van der Waals surface area contributed by atoms with Gasteiger partial charge in [-0.2, -0.15) is 0 Å². The molecule has 0 bridgehead atoms. The minimum atomic E-state index is 0.203. The summed E-state index contributed by atoms with van der Waals surface area (Å²) in [6, 6.07) is 8.52. The van der Waals surface area contributed by atoms with E-state index in [0.29, 0.717) is 0 Å². The van der Waals surface area contributed by atoms with Crippen LogP contribution in [-0.4, -0.2) is 11.0 Å². The number of pyridine rings is 1. The summed E-state index contributed by atoms with van der Waals surface area (Å²) in [5, 5.41) is 2.45. The van der Waals surface area contributed by atoms with Gasteiger partial charge in [-0.25, -0.2) is 0 Å². The quantitative estimate of drug-likeness (QED) is 0.780. The summed E-state index contributed by atoms with van der Waals surface area (Å²) in [5.41, 5.74) is 7.11. The number of hydrogen-bond acceptors (Lipinski definition) is 2. The molecule has 0 aliphatic carbocycles. The Morgan fingerprint density at radius 2 is 2.21 bits per heavy atom. The van der Waals surface area contributed by atoms with Crippen LogP contribution in [0.5, 0.6) is 0 Å². The fourth-order valence-corrected chi connectivity index (χ4v) is 1.71. The number of hydrogen-bond donors (Lipinski definition) is 1. The lowest BCUT2D eigenvalue weighted by molar-refractivity contribution is 0.741. The van der Waals surface area contributed by atoms with Crippen molar-refractivity contribution in [3.63, 3.8) is 0 Å². The third-order valence-corrected chi connectivity index (χ3v) is 2.31. The van der Waals surface area contributed by atoms with Crippen LogP contribution in [0.2, 0.25) is 0 Å². The molecule has 2 heteroatoms. The van der Waals surface area contributed by atoms with Crippen molar-refractivity contribution in [3.05, 3.63) is 42.2 Å². The lowest BCUT2D eigenvalue weighted by atomic mass is 10.0. The highest BCUT2D eigenvalue weighted by Crippen LogP contribution is 2.18. The van der Waals surface area contributed by atoms with Crippen molar-refractivity contribution in [2.75, 3.05) is 0 Å². The van der Waals surface area contributed by atoms with Gasteiger partial charge in [0.1, 0.15) is 0 Å². The van der Waals surface area contributed by atoms with Gasteiger partial charge in [0, 0.05) is 23.8 Å². The Bertz CT molecular complexity index is 430. The molecule has 0 radical (unpaired) electrons. The van der Waals surface area contributed by atoms with E-state index >= 15 is 0 Å². The summed E-state index contributed by atoms with van der Waals surface area (Å²) in [6.45, 7) is 2.03. The minimum Gasteiger partial charge on any atom is -0.328 e. The van der Waals surface area contributed by atoms with Gasteiger partial charge < -0.3 is 5.73 Å². The van der Waals surface area contributed by atoms with Crippen LogP contribution in [0, 0.1) is 0 Å². The summed E-state index contributed by atoms with van der Waals surface area (Å²) >= 11 is 0. The molecule has 2 nitrogen and oxygen atoms in total. The van der Waals surface area contributed by atoms with Gasteiger partial charge in [-0.3, -0.25) is 4.98 Å². The van der Waals surface area contributed by atoms with Gasteiger partial charge in [-0.05, 0) is 30.4 Å². The van der Waals surface area contributed by atoms with Gasteiger partial charge in [-0.15, -0.1) is 0 Å². The zero-order valence-electron chi connectivity index (χ0n) is 8.27. The number of nitrogens with two attached hydrogens (primary N) is 1. The maximum atomic E-state index is 5.80. The van der Waals surface area contributed by atoms with Crippen LogP contribution in [0.4, 0.5) is 0 Å². The molecule has 0 saturated heterocycles. The van der Waals surface area contributed by atoms with E-state index in [2.05, 4.69) is 23.2 Å². The first kappa shape index (κ1) is 9.16. The summed E-state index contributed by atoms with van der Waals surface area (Å²) in [5.74, 6) is 0. The molecular weight excluding hydrogens is 172 g/mol. The van der Waals surface area contributed by atoms with Crippen LogP contribution < -0.4 is 5.73 Å². The Labute approximate surface area is 83.8 Å². The molecule has 0 aliphatic rings. The van der Waals surface area contributed by atoms with Crippen molar-refractivity contribution < 1.29 is 0 Å². The third-order valence-electron chi connectivity index (χ3n) is 2.31. The highest BCUT2D eigenvalue weighted by atomic mass is 14.6. The second kappa shape index (κ2) is 3.76. The molecule has 72 valence electrons. The van der Waals surface area contributed by atoms with Crippen molar-refractivity contribution in [2.24, 2.45) is 5.73 Å². The maximum absolute atomic E-state index is 5.80. The first-order chi connectivity index (χ1) is 6.77. The summed E-state index contributed by atoms with van der Waals surface area (Å²) in [6.07, 6.45) is 4.63. The number of benzene rings is 1. The lowest BCUT2D eigenvalue weighted by Gasteiger charge is -2.08. The summed E-state index contributed by atoms with van der Waals surface area (Å²) in [7, 11) is 0. The second-order valence-electron chi connectivity index (χ2n) is 3.70. The molecule has 0 amide bonds. The van der Waals surface area contributed by atoms with Crippen molar-refractivity contribution in [2.45, 2.75) is 19.4 Å². The van der Waals surface area contributed by atoms with E-state index in [0.717, 1.165) is 6.42 Å². The smallest absolute Gasteiger partial charge is 0.0346 e. The van der Waals surface area contributed by atoms with E-state index < -0.39 is 0 Å². The molecule has 0 fully saturated rings. The molecule has 0 unspecified atom stereocenters. The molecular formula is C12H14N2. The predicted octanol–water partition coefficient (Wildman–Crippen LogP) is 2.12. The van der Waals surface area contributed by atoms with Crippen molar-refractivity contribution in [1.82, 2.24) is 4.98 Å². The SMILES string of the molecule is C[C@H](N)Cc1cccc2cnccc12. The van der Waals surface area contributed by atoms with Gasteiger partial charge in [0.15, 0.2) is 0 Å². The molecule has 0 aliphatic heterocycles. The largest absolute Gasteiger partial charge is 0.328 e. The molecule has 0 spiro atoms. The minimum absolute atomic E-state index is 0.203. The van der Waals surface area contributed by atoms with Crippen LogP contribution in [0.1, 0.15) is 12.5 Å². The Kier molecular flexibility index (Phi) is 2.46. The van der Waals surface area contributed by atoms with Gasteiger partial charge in [-0.1, -0.05) is 18.2 Å². The topological polar surface area (TPSA) is 38.9 Å². The molecule has 2 rings (SSSR count). The average molecular weight is 186 g/mol. The Morgan fingerprint density at radius 3 is 3.00 bits per heavy atom. The predicted molar refractivity (Wildman–Crippen MR) is 59.1 cm³/mol. The van der Waals surface area contributed by atoms with Gasteiger partial charge >= 0.3 is 0 Å². The van der Waals surface area contributed by atoms with E-state index in [-0.39, 0.29) is 6.04 Å². The third kappa shape index (κ3) is 1.75. The Hall–Kier alpha value is -1.41. The van der Waals surface area contributed by atoms with Crippen LogP contribution in [0.3, 0.4) is 0 Å². The van der Waals surface area contributed by atoms with Crippen molar-refractivity contribution in [1.29, 1.82) is 0 Å². The summed E-state index contributed by atoms with van der Waals surface area (Å²) in [4.78, 5) is 4.10. The maximum Gasteiger partial charge on any atom is 0.0346 e. The second-order valence-corrected chi connectivity index (χ2v) is 3.70. The molecule has 14 heavy (non-hydrogen) atoms. The Morgan fingerprint density at radius 1 is 1.36 bits per heavy atom. The van der Waals surface area contributed by atoms with E-state index in [9.17, 15) is 0 Å². The molecule has 2 N–H and O–H groups in total. The standard InChI is InChI=1S/C12H14N2/c1-9(13)7-10-3-2-4-11-8-14-6-5-12(10)11/h2-6,8-9H,7,13H2,1H3/t9-/m0/s1. The van der Waals surface area contributed by atoms with Crippen LogP contribution in [0.25, 0.3) is 10.8 Å². The molecule has 1 aromatic carbocycles. The van der Waals surface area contributed by atoms with Crippen molar-refractivity contribution >= 4 is 10.8 Å². The highest BCUT2D eigenvalue weighted by molar-refractivity contribution is 5.84. The highest BCUT2D eigenvalue weighted by Gasteiger charge is 2.02. The lowest BCUT2D eigenvalue weighted by Crippen LogP contribution is -2.17. The Balaban J connectivity index is 2.53. The van der Waals surface area contributed by atoms with Crippen LogP contribution in [0.15, 0.2) is 36.7 Å². The first-order valence-electron chi connectivity index (χ1n) is 4.84. The fourth-order valence-electron chi connectivity index (χ4n) is 1.71. The van der Waals surface area contributed by atoms with Crippen LogP contribution in [-0.2, 0) is 6.42 Å². The molecule has 0 saturated carbocycles. The van der Waals surface area contributed by atoms with Crippen molar-refractivity contribution in [3.8, 4) is 0 Å². The van der Waals surface area contributed by atoms with Gasteiger partial charge in [0.25, 0.3) is 0 Å². The normalized spacial score (nSPS) is 13.0. The van der Waals surface area contributed by atoms with Crippen LogP contribution >= 0.6 is 0 Å². The van der Waals surface area contributed by atoms with E-state index in [4.69, 9.17) is 5.73 Å². The number of nitrogens with zero attached hydrogens (tertiary/aromatic N) is 1. The van der Waals surface area contributed by atoms with E-state index in [1.165, 1.54) is 16.3 Å². The first-order valence-corrected chi connectivity index (χ1v) is 4.84. The average Bonchev–Trinajstić information content (AvgIpc) is 2.18.